The van der Waals surface area contributed by atoms with Crippen molar-refractivity contribution in [3.63, 3.8) is 0 Å². The number of hydrogen-bond donors (Lipinski definition) is 3. The van der Waals surface area contributed by atoms with Gasteiger partial charge in [0, 0.05) is 42.3 Å². The van der Waals surface area contributed by atoms with E-state index in [0.717, 1.165) is 22.8 Å². The van der Waals surface area contributed by atoms with Crippen molar-refractivity contribution in [3.05, 3.63) is 108 Å². The number of carboxylic acid groups (broad SMARTS) is 1. The maximum atomic E-state index is 11.9. The molecule has 38 heavy (non-hydrogen) atoms. The number of carbonyl (C=O) groups is 2. The number of nitrogens with one attached hydrogen (secondary N) is 2. The number of rotatable bonds is 8. The molecule has 2 aromatic heterocycles. The normalized spacial score (nSPS) is 16.8. The Morgan fingerprint density at radius 1 is 1.05 bits per heavy atom. The van der Waals surface area contributed by atoms with Crippen molar-refractivity contribution in [1.82, 2.24) is 14.9 Å². The predicted octanol–water partition coefficient (Wildman–Crippen LogP) is 4.33. The lowest BCUT2D eigenvalue weighted by Crippen LogP contribution is -2.30. The lowest BCUT2D eigenvalue weighted by molar-refractivity contribution is -0.119. The number of thiocarbonyl (C=S) groups is 1. The number of methoxy groups -OCH3 is 1. The van der Waals surface area contributed by atoms with Gasteiger partial charge in [0.1, 0.15) is 12.6 Å². The lowest BCUT2D eigenvalue weighted by atomic mass is 10.0. The molecule has 3 N–H and O–H groups in total. The van der Waals surface area contributed by atoms with Crippen LogP contribution in [0.25, 0.3) is 5.69 Å². The molecule has 4 aromatic rings. The van der Waals surface area contributed by atoms with Crippen molar-refractivity contribution >= 4 is 40.6 Å². The van der Waals surface area contributed by atoms with E-state index in [-0.39, 0.29) is 30.2 Å². The third-order valence-electron chi connectivity index (χ3n) is 6.26. The zero-order valence-electron chi connectivity index (χ0n) is 20.4. The summed E-state index contributed by atoms with van der Waals surface area (Å²) >= 11 is 5.82. The van der Waals surface area contributed by atoms with Crippen LogP contribution < -0.4 is 15.5 Å². The van der Waals surface area contributed by atoms with E-state index >= 15 is 0 Å². The first kappa shape index (κ1) is 25.1. The summed E-state index contributed by atoms with van der Waals surface area (Å²) < 4.78 is 6.85. The number of hydrogen-bond acceptors (Lipinski definition) is 5. The van der Waals surface area contributed by atoms with Crippen molar-refractivity contribution in [2.24, 2.45) is 0 Å². The van der Waals surface area contributed by atoms with Gasteiger partial charge in [0.2, 0.25) is 5.91 Å². The molecular formula is C28H25N5O4S. The van der Waals surface area contributed by atoms with Crippen LogP contribution in [0.2, 0.25) is 0 Å². The van der Waals surface area contributed by atoms with Gasteiger partial charge in [-0.05, 0) is 78.9 Å². The molecule has 0 aliphatic carbocycles. The van der Waals surface area contributed by atoms with Gasteiger partial charge < -0.3 is 29.9 Å². The number of benzene rings is 2. The third kappa shape index (κ3) is 4.99. The van der Waals surface area contributed by atoms with Crippen LogP contribution in [0.3, 0.4) is 0 Å². The van der Waals surface area contributed by atoms with Gasteiger partial charge in [0.05, 0.1) is 17.3 Å². The van der Waals surface area contributed by atoms with Crippen LogP contribution in [-0.2, 0) is 9.53 Å². The molecule has 9 nitrogen and oxygen atoms in total. The fraction of sp³-hybridized carbons (Fsp3) is 0.143. The number of aromatic nitrogens is 2. The minimum atomic E-state index is -0.991. The van der Waals surface area contributed by atoms with Gasteiger partial charge in [-0.2, -0.15) is 0 Å². The molecule has 3 heterocycles. The number of ether oxygens (including phenoxy) is 1. The monoisotopic (exact) mass is 527 g/mol. The second-order valence-corrected chi connectivity index (χ2v) is 9.07. The fourth-order valence-corrected chi connectivity index (χ4v) is 4.97. The Hall–Kier alpha value is -4.54. The van der Waals surface area contributed by atoms with Crippen LogP contribution in [-0.4, -0.2) is 45.4 Å². The summed E-state index contributed by atoms with van der Waals surface area (Å²) in [6.07, 6.45) is 3.65. The summed E-state index contributed by atoms with van der Waals surface area (Å²) in [6.45, 7) is -0.0320. The molecular weight excluding hydrogens is 502 g/mol. The average molecular weight is 528 g/mol. The highest BCUT2D eigenvalue weighted by molar-refractivity contribution is 7.80. The standard InChI is InChI=1S/C28H25N5O4S/c1-37-17-24(34)30-19-10-12-20(13-11-19)33-26(25(31-28(33)38)22-8-2-3-14-29-22)23-9-5-15-32(23)21-7-4-6-18(16-21)27(35)36/h2-16,25-26H,17H2,1H3,(H,30,34)(H,31,38)(H,35,36)/t25-,26-/m0/s1. The number of pyridine rings is 1. The Morgan fingerprint density at radius 3 is 2.58 bits per heavy atom. The molecule has 1 aliphatic rings. The van der Waals surface area contributed by atoms with E-state index in [9.17, 15) is 14.7 Å². The molecule has 5 rings (SSSR count). The Kier molecular flexibility index (Phi) is 7.16. The van der Waals surface area contributed by atoms with Crippen molar-refractivity contribution in [2.45, 2.75) is 12.1 Å². The molecule has 2 atom stereocenters. The molecule has 0 saturated carbocycles. The Bertz CT molecular complexity index is 1470. The van der Waals surface area contributed by atoms with E-state index in [1.807, 2.05) is 76.3 Å². The largest absolute Gasteiger partial charge is 0.478 e. The molecule has 1 amide bonds. The summed E-state index contributed by atoms with van der Waals surface area (Å²) in [5.41, 5.74) is 4.10. The summed E-state index contributed by atoms with van der Waals surface area (Å²) in [5.74, 6) is -1.23. The predicted molar refractivity (Wildman–Crippen MR) is 148 cm³/mol. The SMILES string of the molecule is COCC(=O)Nc1ccc(N2C(=S)N[C@@H](c3ccccn3)[C@@H]2c2cccn2-c2cccc(C(=O)O)c2)cc1. The number of aromatic carboxylic acids is 1. The van der Waals surface area contributed by atoms with Crippen LogP contribution >= 0.6 is 12.2 Å². The number of anilines is 2. The van der Waals surface area contributed by atoms with Gasteiger partial charge in [0.15, 0.2) is 5.11 Å². The van der Waals surface area contributed by atoms with Crippen LogP contribution in [0.1, 0.15) is 33.8 Å². The highest BCUT2D eigenvalue weighted by Gasteiger charge is 2.42. The summed E-state index contributed by atoms with van der Waals surface area (Å²) in [7, 11) is 1.47. The van der Waals surface area contributed by atoms with Gasteiger partial charge >= 0.3 is 5.97 Å². The van der Waals surface area contributed by atoms with Crippen LogP contribution in [0.4, 0.5) is 11.4 Å². The highest BCUT2D eigenvalue weighted by Crippen LogP contribution is 2.42. The zero-order valence-corrected chi connectivity index (χ0v) is 21.3. The van der Waals surface area contributed by atoms with Gasteiger partial charge in [-0.1, -0.05) is 12.1 Å². The second kappa shape index (κ2) is 10.8. The van der Waals surface area contributed by atoms with Crippen LogP contribution in [0.5, 0.6) is 0 Å². The van der Waals surface area contributed by atoms with Gasteiger partial charge in [-0.3, -0.25) is 9.78 Å². The molecule has 0 radical (unpaired) electrons. The highest BCUT2D eigenvalue weighted by atomic mass is 32.1. The first-order chi connectivity index (χ1) is 18.5. The molecule has 2 aromatic carbocycles. The molecule has 1 saturated heterocycles. The summed E-state index contributed by atoms with van der Waals surface area (Å²) in [6, 6.07) is 23.3. The zero-order chi connectivity index (χ0) is 26.6. The van der Waals surface area contributed by atoms with Gasteiger partial charge in [0.25, 0.3) is 0 Å². The Morgan fingerprint density at radius 2 is 1.87 bits per heavy atom. The molecule has 0 unspecified atom stereocenters. The Balaban J connectivity index is 1.57. The molecule has 0 spiro atoms. The van der Waals surface area contributed by atoms with Crippen molar-refractivity contribution in [2.75, 3.05) is 23.9 Å². The third-order valence-corrected chi connectivity index (χ3v) is 6.57. The maximum Gasteiger partial charge on any atom is 0.335 e. The number of carboxylic acids is 1. The van der Waals surface area contributed by atoms with E-state index in [1.54, 1.807) is 24.4 Å². The summed E-state index contributed by atoms with van der Waals surface area (Å²) in [4.78, 5) is 30.2. The van der Waals surface area contributed by atoms with Crippen molar-refractivity contribution in [3.8, 4) is 5.69 Å². The average Bonchev–Trinajstić information content (AvgIpc) is 3.54. The topological polar surface area (TPSA) is 109 Å². The van der Waals surface area contributed by atoms with Crippen molar-refractivity contribution < 1.29 is 19.4 Å². The van der Waals surface area contributed by atoms with Crippen molar-refractivity contribution in [1.29, 1.82) is 0 Å². The minimum Gasteiger partial charge on any atom is -0.478 e. The van der Waals surface area contributed by atoms with E-state index < -0.39 is 5.97 Å². The van der Waals surface area contributed by atoms with Gasteiger partial charge in [-0.15, -0.1) is 0 Å². The van der Waals surface area contributed by atoms with Gasteiger partial charge in [-0.25, -0.2) is 4.79 Å². The fourth-order valence-electron chi connectivity index (χ4n) is 4.63. The lowest BCUT2D eigenvalue weighted by Gasteiger charge is -2.29. The second-order valence-electron chi connectivity index (χ2n) is 8.68. The number of nitrogens with zero attached hydrogens (tertiary/aromatic N) is 3. The maximum absolute atomic E-state index is 11.9. The first-order valence-electron chi connectivity index (χ1n) is 11.9. The molecule has 1 fully saturated rings. The number of amides is 1. The van der Waals surface area contributed by atoms with E-state index in [4.69, 9.17) is 17.0 Å². The number of carbonyl (C=O) groups excluding carboxylic acids is 1. The van der Waals surface area contributed by atoms with E-state index in [0.29, 0.717) is 10.8 Å². The molecule has 10 heteroatoms. The summed E-state index contributed by atoms with van der Waals surface area (Å²) in [5, 5.41) is 16.3. The quantitative estimate of drug-likeness (QED) is 0.291. The smallest absolute Gasteiger partial charge is 0.335 e. The van der Waals surface area contributed by atoms with E-state index in [1.165, 1.54) is 7.11 Å². The first-order valence-corrected chi connectivity index (χ1v) is 12.3. The van der Waals surface area contributed by atoms with E-state index in [2.05, 4.69) is 15.6 Å². The van der Waals surface area contributed by atoms with Crippen LogP contribution in [0.15, 0.2) is 91.3 Å². The molecule has 192 valence electrons. The minimum absolute atomic E-state index is 0.0320. The molecule has 0 bridgehead atoms. The molecule has 1 aliphatic heterocycles. The Labute approximate surface area is 224 Å². The van der Waals surface area contributed by atoms with Crippen LogP contribution in [0, 0.1) is 0 Å².